The van der Waals surface area contributed by atoms with E-state index in [2.05, 4.69) is 0 Å². The van der Waals surface area contributed by atoms with Gasteiger partial charge in [0.25, 0.3) is 5.91 Å². The van der Waals surface area contributed by atoms with Crippen LogP contribution in [-0.2, 0) is 7.05 Å². The predicted octanol–water partition coefficient (Wildman–Crippen LogP) is 2.69. The fourth-order valence-electron chi connectivity index (χ4n) is 2.27. The summed E-state index contributed by atoms with van der Waals surface area (Å²) in [7, 11) is 2.90. The van der Waals surface area contributed by atoms with Crippen molar-refractivity contribution in [2.75, 3.05) is 13.6 Å². The van der Waals surface area contributed by atoms with Crippen molar-refractivity contribution >= 4 is 5.91 Å². The monoisotopic (exact) mass is 326 g/mol. The number of aliphatic hydroxyl groups is 1. The van der Waals surface area contributed by atoms with Crippen LogP contribution in [0.1, 0.15) is 10.5 Å². The molecule has 0 radical (unpaired) electrons. The van der Waals surface area contributed by atoms with E-state index >= 15 is 0 Å². The summed E-state index contributed by atoms with van der Waals surface area (Å²) in [5.74, 6) is -0.585. The third kappa shape index (κ3) is 3.73. The van der Waals surface area contributed by atoms with E-state index in [1.54, 1.807) is 23.7 Å². The fourth-order valence-corrected chi connectivity index (χ4v) is 2.27. The van der Waals surface area contributed by atoms with Crippen molar-refractivity contribution < 1.29 is 23.1 Å². The minimum Gasteiger partial charge on any atom is -0.382 e. The summed E-state index contributed by atoms with van der Waals surface area (Å²) in [6, 6.07) is 12.6. The second-order valence-electron chi connectivity index (χ2n) is 5.27. The quantitative estimate of drug-likeness (QED) is 0.939. The maximum Gasteiger partial charge on any atom is 0.416 e. The average Bonchev–Trinajstić information content (AvgIpc) is 2.88. The van der Waals surface area contributed by atoms with Gasteiger partial charge in [-0.15, -0.1) is 0 Å². The Morgan fingerprint density at radius 3 is 2.39 bits per heavy atom. The Morgan fingerprint density at radius 2 is 1.83 bits per heavy atom. The van der Waals surface area contributed by atoms with E-state index < -0.39 is 24.7 Å². The van der Waals surface area contributed by atoms with Crippen LogP contribution in [0, 0.1) is 0 Å². The molecule has 1 aromatic carbocycles. The predicted molar refractivity (Wildman–Crippen MR) is 79.9 cm³/mol. The van der Waals surface area contributed by atoms with Crippen LogP contribution in [0.4, 0.5) is 13.2 Å². The molecule has 1 N–H and O–H groups in total. The summed E-state index contributed by atoms with van der Waals surface area (Å²) < 4.78 is 38.8. The Bertz CT molecular complexity index is 680. The number of carbonyl (C=O) groups is 1. The number of likely N-dealkylation sites (N-methyl/N-ethyl adjacent to an activating group) is 1. The van der Waals surface area contributed by atoms with E-state index in [9.17, 15) is 18.0 Å². The molecule has 23 heavy (non-hydrogen) atoms. The van der Waals surface area contributed by atoms with Gasteiger partial charge in [-0.2, -0.15) is 13.2 Å². The van der Waals surface area contributed by atoms with Crippen molar-refractivity contribution in [2.45, 2.75) is 12.3 Å². The molecule has 0 saturated heterocycles. The molecule has 124 valence electrons. The topological polar surface area (TPSA) is 45.5 Å². The number of alkyl halides is 3. The second kappa shape index (κ2) is 6.45. The first-order chi connectivity index (χ1) is 10.7. The summed E-state index contributed by atoms with van der Waals surface area (Å²) in [5, 5.41) is 9.08. The van der Waals surface area contributed by atoms with Gasteiger partial charge in [-0.05, 0) is 17.7 Å². The summed E-state index contributed by atoms with van der Waals surface area (Å²) in [4.78, 5) is 13.2. The molecule has 0 saturated carbocycles. The first-order valence-corrected chi connectivity index (χ1v) is 6.93. The highest BCUT2D eigenvalue weighted by Gasteiger charge is 2.39. The van der Waals surface area contributed by atoms with Crippen LogP contribution in [0.2, 0.25) is 0 Å². The Hall–Kier alpha value is -2.28. The molecule has 7 heteroatoms. The molecule has 1 unspecified atom stereocenters. The lowest BCUT2D eigenvalue weighted by atomic mass is 10.2. The van der Waals surface area contributed by atoms with Crippen molar-refractivity contribution in [2.24, 2.45) is 7.05 Å². The van der Waals surface area contributed by atoms with E-state index in [1.165, 1.54) is 7.05 Å². The van der Waals surface area contributed by atoms with Gasteiger partial charge in [0.1, 0.15) is 5.69 Å². The molecule has 1 aromatic heterocycles. The summed E-state index contributed by atoms with van der Waals surface area (Å²) in [6.07, 6.45) is -7.32. The number of nitrogens with zero attached hydrogens (tertiary/aromatic N) is 2. The van der Waals surface area contributed by atoms with Crippen LogP contribution >= 0.6 is 0 Å². The van der Waals surface area contributed by atoms with Crippen molar-refractivity contribution in [1.82, 2.24) is 9.47 Å². The largest absolute Gasteiger partial charge is 0.416 e. The Morgan fingerprint density at radius 1 is 1.22 bits per heavy atom. The Kier molecular flexibility index (Phi) is 4.79. The standard InChI is InChI=1S/C16H17F3N2O2/c1-20(10-14(22)16(17,18)19)15(23)13-9-8-12(21(13)2)11-6-4-3-5-7-11/h3-9,14,22H,10H2,1-2H3. The number of benzene rings is 1. The van der Waals surface area contributed by atoms with Gasteiger partial charge in [0, 0.05) is 19.8 Å². The average molecular weight is 326 g/mol. The van der Waals surface area contributed by atoms with Crippen LogP contribution in [0.15, 0.2) is 42.5 Å². The van der Waals surface area contributed by atoms with Crippen molar-refractivity contribution in [3.63, 3.8) is 0 Å². The SMILES string of the molecule is CN(CC(O)C(F)(F)F)C(=O)c1ccc(-c2ccccc2)n1C. The fraction of sp³-hybridized carbons (Fsp3) is 0.312. The third-order valence-corrected chi connectivity index (χ3v) is 3.58. The van der Waals surface area contributed by atoms with E-state index in [0.29, 0.717) is 0 Å². The number of aromatic nitrogens is 1. The Balaban J connectivity index is 2.19. The zero-order chi connectivity index (χ0) is 17.2. The van der Waals surface area contributed by atoms with Gasteiger partial charge in [-0.25, -0.2) is 0 Å². The Labute approximate surface area is 131 Å². The maximum atomic E-state index is 12.4. The molecule has 0 aliphatic carbocycles. The zero-order valence-corrected chi connectivity index (χ0v) is 12.7. The van der Waals surface area contributed by atoms with Gasteiger partial charge in [-0.3, -0.25) is 4.79 Å². The summed E-state index contributed by atoms with van der Waals surface area (Å²) in [5.41, 5.74) is 1.92. The lowest BCUT2D eigenvalue weighted by molar-refractivity contribution is -0.205. The molecule has 0 aliphatic rings. The highest BCUT2D eigenvalue weighted by Crippen LogP contribution is 2.23. The normalized spacial score (nSPS) is 13.0. The smallest absolute Gasteiger partial charge is 0.382 e. The van der Waals surface area contributed by atoms with Crippen LogP contribution in [0.3, 0.4) is 0 Å². The lowest BCUT2D eigenvalue weighted by Crippen LogP contribution is -2.42. The minimum absolute atomic E-state index is 0.251. The number of hydrogen-bond acceptors (Lipinski definition) is 2. The maximum absolute atomic E-state index is 12.4. The lowest BCUT2D eigenvalue weighted by Gasteiger charge is -2.22. The third-order valence-electron chi connectivity index (χ3n) is 3.58. The van der Waals surface area contributed by atoms with Crippen LogP contribution in [0.25, 0.3) is 11.3 Å². The molecule has 2 rings (SSSR count). The number of aliphatic hydroxyl groups excluding tert-OH is 1. The molecule has 1 heterocycles. The zero-order valence-electron chi connectivity index (χ0n) is 12.7. The first kappa shape index (κ1) is 17.1. The minimum atomic E-state index is -4.75. The van der Waals surface area contributed by atoms with Gasteiger partial charge in [0.2, 0.25) is 0 Å². The highest BCUT2D eigenvalue weighted by molar-refractivity contribution is 5.93. The highest BCUT2D eigenvalue weighted by atomic mass is 19.4. The van der Waals surface area contributed by atoms with E-state index in [1.807, 2.05) is 30.3 Å². The number of hydrogen-bond donors (Lipinski definition) is 1. The van der Waals surface area contributed by atoms with E-state index in [0.717, 1.165) is 16.2 Å². The van der Waals surface area contributed by atoms with Gasteiger partial charge < -0.3 is 14.6 Å². The molecular formula is C16H17F3N2O2. The summed E-state index contributed by atoms with van der Waals surface area (Å²) in [6.45, 7) is -0.811. The molecule has 0 spiro atoms. The van der Waals surface area contributed by atoms with Crippen LogP contribution < -0.4 is 0 Å². The number of amides is 1. The molecule has 2 aromatic rings. The van der Waals surface area contributed by atoms with E-state index in [4.69, 9.17) is 5.11 Å². The molecule has 0 bridgehead atoms. The molecule has 1 amide bonds. The second-order valence-corrected chi connectivity index (χ2v) is 5.27. The van der Waals surface area contributed by atoms with Crippen molar-refractivity contribution in [3.05, 3.63) is 48.2 Å². The molecule has 1 atom stereocenters. The van der Waals surface area contributed by atoms with Crippen LogP contribution in [0.5, 0.6) is 0 Å². The van der Waals surface area contributed by atoms with Crippen LogP contribution in [-0.4, -0.2) is 46.4 Å². The summed E-state index contributed by atoms with van der Waals surface area (Å²) >= 11 is 0. The molecule has 0 aliphatic heterocycles. The molecule has 0 fully saturated rings. The molecule has 4 nitrogen and oxygen atoms in total. The van der Waals surface area contributed by atoms with E-state index in [-0.39, 0.29) is 5.69 Å². The van der Waals surface area contributed by atoms with Crippen molar-refractivity contribution in [3.8, 4) is 11.3 Å². The van der Waals surface area contributed by atoms with Crippen molar-refractivity contribution in [1.29, 1.82) is 0 Å². The number of halogens is 3. The van der Waals surface area contributed by atoms with Gasteiger partial charge in [0.15, 0.2) is 6.10 Å². The van der Waals surface area contributed by atoms with Gasteiger partial charge in [0.05, 0.1) is 6.54 Å². The number of rotatable bonds is 4. The van der Waals surface area contributed by atoms with Gasteiger partial charge >= 0.3 is 6.18 Å². The van der Waals surface area contributed by atoms with Gasteiger partial charge in [-0.1, -0.05) is 30.3 Å². The molecular weight excluding hydrogens is 309 g/mol. The number of carbonyl (C=O) groups excluding carboxylic acids is 1. The first-order valence-electron chi connectivity index (χ1n) is 6.93.